The molecule has 8 heteroatoms. The fraction of sp³-hybridized carbons (Fsp3) is 0.400. The summed E-state index contributed by atoms with van der Waals surface area (Å²) in [4.78, 5) is 3.46. The van der Waals surface area contributed by atoms with Gasteiger partial charge in [0.05, 0.1) is 12.4 Å². The summed E-state index contributed by atoms with van der Waals surface area (Å²) in [6.45, 7) is 2.64. The van der Waals surface area contributed by atoms with Gasteiger partial charge in [-0.2, -0.15) is 18.3 Å². The summed E-state index contributed by atoms with van der Waals surface area (Å²) in [5.74, 6) is 0.514. The van der Waals surface area contributed by atoms with Crippen LogP contribution in [0.4, 0.5) is 13.2 Å². The molecule has 18 heavy (non-hydrogen) atoms. The zero-order chi connectivity index (χ0) is 13.2. The second-order valence-electron chi connectivity index (χ2n) is 3.44. The van der Waals surface area contributed by atoms with Crippen molar-refractivity contribution in [1.29, 1.82) is 0 Å². The van der Waals surface area contributed by atoms with Crippen molar-refractivity contribution in [3.63, 3.8) is 0 Å². The van der Waals surface area contributed by atoms with E-state index in [1.807, 2.05) is 6.92 Å². The minimum absolute atomic E-state index is 0.0101. The van der Waals surface area contributed by atoms with Gasteiger partial charge in [-0.3, -0.25) is 4.68 Å². The number of aromatic nitrogens is 3. The lowest BCUT2D eigenvalue weighted by atomic mass is 10.5. The van der Waals surface area contributed by atoms with E-state index >= 15 is 0 Å². The summed E-state index contributed by atoms with van der Waals surface area (Å²) in [6, 6.07) is 0. The van der Waals surface area contributed by atoms with E-state index in [0.29, 0.717) is 12.3 Å². The smallest absolute Gasteiger partial charge is 0.434 e. The first-order chi connectivity index (χ1) is 8.49. The summed E-state index contributed by atoms with van der Waals surface area (Å²) >= 11 is 0.925. The molecule has 2 rings (SSSR count). The summed E-state index contributed by atoms with van der Waals surface area (Å²) in [7, 11) is 0. The molecule has 0 aliphatic rings. The molecule has 0 saturated carbocycles. The Bertz CT molecular complexity index is 520. The Labute approximate surface area is 105 Å². The maximum Gasteiger partial charge on any atom is 0.434 e. The Morgan fingerprint density at radius 1 is 1.44 bits per heavy atom. The Kier molecular flexibility index (Phi) is 3.55. The van der Waals surface area contributed by atoms with Gasteiger partial charge < -0.3 is 4.74 Å². The van der Waals surface area contributed by atoms with Crippen LogP contribution in [0.25, 0.3) is 0 Å². The summed E-state index contributed by atoms with van der Waals surface area (Å²) in [5, 5.41) is 5.25. The van der Waals surface area contributed by atoms with Gasteiger partial charge in [0.15, 0.2) is 11.4 Å². The molecule has 0 unspecified atom stereocenters. The zero-order valence-electron chi connectivity index (χ0n) is 9.44. The standard InChI is InChI=1S/C10H10F3N3OS/c1-2-16-4-7(3-14-16)17-5-9-15-8(6-18-9)10(11,12)13/h3-4,6H,2,5H2,1H3. The van der Waals surface area contributed by atoms with Crippen molar-refractivity contribution >= 4 is 11.3 Å². The van der Waals surface area contributed by atoms with E-state index in [-0.39, 0.29) is 11.6 Å². The number of halogens is 3. The Hall–Kier alpha value is -1.57. The number of hydrogen-bond donors (Lipinski definition) is 0. The van der Waals surface area contributed by atoms with E-state index in [2.05, 4.69) is 10.1 Å². The van der Waals surface area contributed by atoms with Crippen LogP contribution in [0.15, 0.2) is 17.8 Å². The fourth-order valence-electron chi connectivity index (χ4n) is 1.24. The summed E-state index contributed by atoms with van der Waals surface area (Å²) in [6.07, 6.45) is -1.21. The van der Waals surface area contributed by atoms with Crippen LogP contribution in [0.5, 0.6) is 5.75 Å². The first kappa shape index (κ1) is 12.9. The van der Waals surface area contributed by atoms with E-state index < -0.39 is 11.9 Å². The van der Waals surface area contributed by atoms with Crippen molar-refractivity contribution in [1.82, 2.24) is 14.8 Å². The molecule has 2 heterocycles. The van der Waals surface area contributed by atoms with Crippen LogP contribution in [0.3, 0.4) is 0 Å². The van der Waals surface area contributed by atoms with E-state index in [0.717, 1.165) is 16.7 Å². The first-order valence-electron chi connectivity index (χ1n) is 5.16. The van der Waals surface area contributed by atoms with Gasteiger partial charge >= 0.3 is 6.18 Å². The number of nitrogens with zero attached hydrogens (tertiary/aromatic N) is 3. The number of thiazole rings is 1. The van der Waals surface area contributed by atoms with Crippen LogP contribution in [0.1, 0.15) is 17.6 Å². The first-order valence-corrected chi connectivity index (χ1v) is 6.04. The number of alkyl halides is 3. The number of aryl methyl sites for hydroxylation is 1. The topological polar surface area (TPSA) is 39.9 Å². The molecule has 0 radical (unpaired) electrons. The van der Waals surface area contributed by atoms with Gasteiger partial charge in [-0.1, -0.05) is 0 Å². The highest BCUT2D eigenvalue weighted by atomic mass is 32.1. The predicted molar refractivity (Wildman–Crippen MR) is 59.3 cm³/mol. The molecule has 0 spiro atoms. The lowest BCUT2D eigenvalue weighted by molar-refractivity contribution is -0.140. The molecule has 0 aliphatic carbocycles. The molecule has 0 aliphatic heterocycles. The van der Waals surface area contributed by atoms with Crippen LogP contribution in [-0.2, 0) is 19.3 Å². The van der Waals surface area contributed by atoms with Crippen LogP contribution < -0.4 is 4.74 Å². The third kappa shape index (κ3) is 3.00. The fourth-order valence-corrected chi connectivity index (χ4v) is 1.96. The molecule has 2 aromatic heterocycles. The molecule has 0 bridgehead atoms. The van der Waals surface area contributed by atoms with Crippen molar-refractivity contribution in [2.45, 2.75) is 26.3 Å². The third-order valence-electron chi connectivity index (χ3n) is 2.14. The normalized spacial score (nSPS) is 11.8. The van der Waals surface area contributed by atoms with Crippen molar-refractivity contribution in [2.24, 2.45) is 0 Å². The molecule has 0 N–H and O–H groups in total. The maximum atomic E-state index is 12.3. The van der Waals surface area contributed by atoms with E-state index in [9.17, 15) is 13.2 Å². The second-order valence-corrected chi connectivity index (χ2v) is 4.39. The highest BCUT2D eigenvalue weighted by molar-refractivity contribution is 7.09. The Balaban J connectivity index is 1.96. The van der Waals surface area contributed by atoms with Crippen LogP contribution in [0.2, 0.25) is 0 Å². The highest BCUT2D eigenvalue weighted by Crippen LogP contribution is 2.30. The van der Waals surface area contributed by atoms with Crippen LogP contribution in [0, 0.1) is 0 Å². The molecule has 0 atom stereocenters. The molecule has 0 saturated heterocycles. The monoisotopic (exact) mass is 277 g/mol. The third-order valence-corrected chi connectivity index (χ3v) is 2.96. The van der Waals surface area contributed by atoms with Crippen molar-refractivity contribution in [3.8, 4) is 5.75 Å². The maximum absolute atomic E-state index is 12.3. The molecule has 2 aromatic rings. The molecule has 4 nitrogen and oxygen atoms in total. The van der Waals surface area contributed by atoms with Gasteiger partial charge in [0.25, 0.3) is 0 Å². The zero-order valence-corrected chi connectivity index (χ0v) is 10.3. The molecule has 0 aromatic carbocycles. The predicted octanol–water partition coefficient (Wildman–Crippen LogP) is 2.96. The average Bonchev–Trinajstić information content (AvgIpc) is 2.94. The van der Waals surface area contributed by atoms with Crippen LogP contribution in [-0.4, -0.2) is 14.8 Å². The minimum atomic E-state index is -4.40. The van der Waals surface area contributed by atoms with Crippen molar-refractivity contribution in [3.05, 3.63) is 28.5 Å². The molecule has 0 amide bonds. The van der Waals surface area contributed by atoms with E-state index in [1.165, 1.54) is 6.20 Å². The van der Waals surface area contributed by atoms with Gasteiger partial charge in [0.1, 0.15) is 11.6 Å². The van der Waals surface area contributed by atoms with Gasteiger partial charge in [0, 0.05) is 11.9 Å². The lowest BCUT2D eigenvalue weighted by Gasteiger charge is -2.01. The van der Waals surface area contributed by atoms with E-state index in [4.69, 9.17) is 4.74 Å². The van der Waals surface area contributed by atoms with Gasteiger partial charge in [-0.15, -0.1) is 11.3 Å². The quantitative estimate of drug-likeness (QED) is 0.862. The Morgan fingerprint density at radius 2 is 2.22 bits per heavy atom. The molecule has 98 valence electrons. The summed E-state index contributed by atoms with van der Waals surface area (Å²) < 4.78 is 43.9. The van der Waals surface area contributed by atoms with Crippen molar-refractivity contribution < 1.29 is 17.9 Å². The van der Waals surface area contributed by atoms with Gasteiger partial charge in [-0.05, 0) is 6.92 Å². The van der Waals surface area contributed by atoms with E-state index in [1.54, 1.807) is 10.9 Å². The molecular weight excluding hydrogens is 267 g/mol. The number of rotatable bonds is 4. The minimum Gasteiger partial charge on any atom is -0.483 e. The molecule has 0 fully saturated rings. The van der Waals surface area contributed by atoms with Crippen LogP contribution >= 0.6 is 11.3 Å². The van der Waals surface area contributed by atoms with Gasteiger partial charge in [0.2, 0.25) is 0 Å². The highest BCUT2D eigenvalue weighted by Gasteiger charge is 2.33. The lowest BCUT2D eigenvalue weighted by Crippen LogP contribution is -2.05. The Morgan fingerprint density at radius 3 is 2.78 bits per heavy atom. The SMILES string of the molecule is CCn1cc(OCc2nc(C(F)(F)F)cs2)cn1. The number of hydrogen-bond acceptors (Lipinski definition) is 4. The van der Waals surface area contributed by atoms with Crippen molar-refractivity contribution in [2.75, 3.05) is 0 Å². The van der Waals surface area contributed by atoms with Gasteiger partial charge in [-0.25, -0.2) is 4.98 Å². The number of ether oxygens (including phenoxy) is 1. The second kappa shape index (κ2) is 4.97. The molecular formula is C10H10F3N3OS. The summed E-state index contributed by atoms with van der Waals surface area (Å²) in [5.41, 5.74) is -0.879. The average molecular weight is 277 g/mol. The largest absolute Gasteiger partial charge is 0.483 e.